The average Bonchev–Trinajstić information content (AvgIpc) is 3.08. The van der Waals surface area contributed by atoms with Gasteiger partial charge in [0.2, 0.25) is 0 Å². The highest BCUT2D eigenvalue weighted by Crippen LogP contribution is 2.45. The summed E-state index contributed by atoms with van der Waals surface area (Å²) in [6.07, 6.45) is 3.03. The third-order valence-corrected chi connectivity index (χ3v) is 7.12. The zero-order valence-corrected chi connectivity index (χ0v) is 20.1. The maximum Gasteiger partial charge on any atom is 0.446 e. The largest absolute Gasteiger partial charge is 0.446 e. The average molecular weight is 517 g/mol. The van der Waals surface area contributed by atoms with Crippen LogP contribution in [0.2, 0.25) is 0 Å². The van der Waals surface area contributed by atoms with Crippen LogP contribution in [0.15, 0.2) is 65.8 Å². The number of pyridine rings is 2. The third-order valence-electron chi connectivity index (χ3n) is 6.38. The number of anilines is 3. The number of thioether (sulfide) groups is 1. The number of carbonyl (C=O) groups excluding carboxylic acids is 2. The highest BCUT2D eigenvalue weighted by atomic mass is 32.2. The van der Waals surface area contributed by atoms with Crippen molar-refractivity contribution in [1.82, 2.24) is 15.3 Å². The van der Waals surface area contributed by atoms with Crippen LogP contribution in [-0.2, 0) is 4.79 Å². The van der Waals surface area contributed by atoms with Crippen LogP contribution in [0.25, 0.3) is 0 Å². The summed E-state index contributed by atoms with van der Waals surface area (Å²) in [5.41, 5.74) is 7.32. The molecule has 1 fully saturated rings. The van der Waals surface area contributed by atoms with Crippen molar-refractivity contribution < 1.29 is 22.8 Å². The van der Waals surface area contributed by atoms with E-state index in [1.807, 2.05) is 0 Å². The van der Waals surface area contributed by atoms with Crippen molar-refractivity contribution >= 4 is 41.0 Å². The van der Waals surface area contributed by atoms with Gasteiger partial charge >= 0.3 is 11.5 Å². The molecule has 12 heteroatoms. The van der Waals surface area contributed by atoms with Crippen LogP contribution in [0.1, 0.15) is 36.8 Å². The van der Waals surface area contributed by atoms with Crippen LogP contribution in [0.5, 0.6) is 0 Å². The van der Waals surface area contributed by atoms with Gasteiger partial charge in [0.15, 0.2) is 0 Å². The molecule has 0 saturated carbocycles. The molecule has 1 saturated heterocycles. The van der Waals surface area contributed by atoms with E-state index in [9.17, 15) is 22.8 Å². The Labute approximate surface area is 209 Å². The van der Waals surface area contributed by atoms with Crippen LogP contribution >= 0.6 is 11.8 Å². The van der Waals surface area contributed by atoms with Gasteiger partial charge in [-0.1, -0.05) is 13.8 Å². The molecule has 36 heavy (non-hydrogen) atoms. The molecule has 0 bridgehead atoms. The Bertz CT molecular complexity index is 1250. The number of halogens is 3. The number of benzene rings is 1. The Hall–Kier alpha value is -3.80. The van der Waals surface area contributed by atoms with E-state index in [0.717, 1.165) is 4.90 Å². The molecule has 1 aromatic carbocycles. The van der Waals surface area contributed by atoms with E-state index < -0.39 is 34.8 Å². The van der Waals surface area contributed by atoms with E-state index in [0.29, 0.717) is 11.1 Å². The summed E-state index contributed by atoms with van der Waals surface area (Å²) < 4.78 is 38.2. The molecule has 188 valence electrons. The van der Waals surface area contributed by atoms with Crippen LogP contribution in [-0.4, -0.2) is 33.0 Å². The summed E-state index contributed by atoms with van der Waals surface area (Å²) in [5, 5.41) is 2.88. The predicted octanol–water partition coefficient (Wildman–Crippen LogP) is 4.66. The molecule has 3 heterocycles. The van der Waals surface area contributed by atoms with Crippen LogP contribution in [0.3, 0.4) is 0 Å². The van der Waals surface area contributed by atoms with Gasteiger partial charge < -0.3 is 16.8 Å². The van der Waals surface area contributed by atoms with Gasteiger partial charge in [-0.05, 0) is 71.4 Å². The summed E-state index contributed by atoms with van der Waals surface area (Å²) in [4.78, 5) is 36.3. The molecule has 2 aromatic heterocycles. The molecule has 1 aliphatic heterocycles. The Kier molecular flexibility index (Phi) is 6.56. The molecule has 4 rings (SSSR count). The van der Waals surface area contributed by atoms with Gasteiger partial charge in [0.05, 0.1) is 5.69 Å². The molecule has 3 aromatic rings. The van der Waals surface area contributed by atoms with E-state index in [-0.39, 0.29) is 34.0 Å². The number of nitrogens with two attached hydrogens (primary N) is 2. The maximum atomic E-state index is 14.1. The number of nitrogen functional groups attached to an aromatic ring is 2. The van der Waals surface area contributed by atoms with Crippen molar-refractivity contribution in [2.75, 3.05) is 16.4 Å². The molecule has 2 atom stereocenters. The number of carbonyl (C=O) groups is 2. The first-order valence-electron chi connectivity index (χ1n) is 10.9. The summed E-state index contributed by atoms with van der Waals surface area (Å²) in [6.45, 7) is 3.58. The van der Waals surface area contributed by atoms with E-state index in [1.165, 1.54) is 36.7 Å². The van der Waals surface area contributed by atoms with Gasteiger partial charge in [0.1, 0.15) is 17.2 Å². The van der Waals surface area contributed by atoms with Crippen LogP contribution in [0.4, 0.5) is 35.3 Å². The number of aromatic nitrogens is 2. The molecular weight excluding hydrogens is 493 g/mol. The van der Waals surface area contributed by atoms with Gasteiger partial charge in [-0.15, -0.1) is 0 Å². The SMILES string of the molecule is CC(c1ccnc(N)c1)C1(C(C)c2ccnc(N)c2)NC(=O)N(c2ccc(SC(F)(F)F)cc2)C1=O. The van der Waals surface area contributed by atoms with Gasteiger partial charge in [0, 0.05) is 29.1 Å². The summed E-state index contributed by atoms with van der Waals surface area (Å²) in [6, 6.07) is 11.0. The van der Waals surface area contributed by atoms with E-state index in [4.69, 9.17) is 11.5 Å². The number of amides is 3. The van der Waals surface area contributed by atoms with Crippen molar-refractivity contribution in [3.05, 3.63) is 72.1 Å². The lowest BCUT2D eigenvalue weighted by Crippen LogP contribution is -2.55. The molecule has 0 spiro atoms. The highest BCUT2D eigenvalue weighted by Gasteiger charge is 2.58. The Morgan fingerprint density at radius 1 is 0.917 bits per heavy atom. The molecule has 8 nitrogen and oxygen atoms in total. The second kappa shape index (κ2) is 9.34. The maximum absolute atomic E-state index is 14.1. The number of imide groups is 1. The fourth-order valence-electron chi connectivity index (χ4n) is 4.55. The van der Waals surface area contributed by atoms with Crippen molar-refractivity contribution in [3.8, 4) is 0 Å². The first kappa shape index (κ1) is 25.3. The number of urea groups is 1. The molecule has 0 aliphatic carbocycles. The van der Waals surface area contributed by atoms with Crippen molar-refractivity contribution in [2.45, 2.75) is 41.6 Å². The number of hydrogen-bond acceptors (Lipinski definition) is 7. The first-order valence-corrected chi connectivity index (χ1v) is 11.7. The number of alkyl halides is 3. The van der Waals surface area contributed by atoms with E-state index in [1.54, 1.807) is 38.1 Å². The smallest absolute Gasteiger partial charge is 0.384 e. The fraction of sp³-hybridized carbons (Fsp3) is 0.250. The fourth-order valence-corrected chi connectivity index (χ4v) is 5.09. The van der Waals surface area contributed by atoms with Crippen LogP contribution < -0.4 is 21.7 Å². The normalized spacial score (nSPS) is 19.8. The van der Waals surface area contributed by atoms with Gasteiger partial charge in [0.25, 0.3) is 5.91 Å². The van der Waals surface area contributed by atoms with Gasteiger partial charge in [-0.25, -0.2) is 19.7 Å². The van der Waals surface area contributed by atoms with E-state index >= 15 is 0 Å². The lowest BCUT2D eigenvalue weighted by atomic mass is 9.70. The molecule has 5 N–H and O–H groups in total. The van der Waals surface area contributed by atoms with Crippen LogP contribution in [0, 0.1) is 0 Å². The third kappa shape index (κ3) is 4.68. The summed E-state index contributed by atoms with van der Waals surface area (Å²) in [7, 11) is 0. The Morgan fingerprint density at radius 3 is 1.86 bits per heavy atom. The molecular formula is C24H23F3N6O2S. The highest BCUT2D eigenvalue weighted by molar-refractivity contribution is 8.00. The minimum Gasteiger partial charge on any atom is -0.384 e. The second-order valence-corrected chi connectivity index (χ2v) is 9.59. The van der Waals surface area contributed by atoms with Crippen molar-refractivity contribution in [1.29, 1.82) is 0 Å². The lowest BCUT2D eigenvalue weighted by Gasteiger charge is -2.39. The standard InChI is InChI=1S/C24H23F3N6O2S/c1-13(15-7-9-30-19(28)11-15)23(14(2)16-8-10-31-20(29)12-16)21(34)33(22(35)32-23)17-3-5-18(6-4-17)36-24(25,26)27/h3-14H,1-2H3,(H2,28,30)(H2,29,31)(H,32,35). The minimum atomic E-state index is -4.46. The Morgan fingerprint density at radius 2 is 1.42 bits per heavy atom. The molecule has 0 radical (unpaired) electrons. The van der Waals surface area contributed by atoms with Gasteiger partial charge in [-0.3, -0.25) is 4.79 Å². The second-order valence-electron chi connectivity index (χ2n) is 8.45. The quantitative estimate of drug-likeness (QED) is 0.321. The van der Waals surface area contributed by atoms with Crippen molar-refractivity contribution in [3.63, 3.8) is 0 Å². The number of nitrogens with zero attached hydrogens (tertiary/aromatic N) is 3. The number of rotatable bonds is 6. The molecule has 3 amide bonds. The lowest BCUT2D eigenvalue weighted by molar-refractivity contribution is -0.123. The first-order chi connectivity index (χ1) is 16.9. The predicted molar refractivity (Wildman–Crippen MR) is 131 cm³/mol. The monoisotopic (exact) mass is 516 g/mol. The molecule has 2 unspecified atom stereocenters. The minimum absolute atomic E-state index is 0.0641. The Balaban J connectivity index is 1.79. The summed E-state index contributed by atoms with van der Waals surface area (Å²) in [5.74, 6) is -1.21. The van der Waals surface area contributed by atoms with Crippen molar-refractivity contribution in [2.24, 2.45) is 0 Å². The zero-order valence-electron chi connectivity index (χ0n) is 19.3. The van der Waals surface area contributed by atoms with Gasteiger partial charge in [-0.2, -0.15) is 13.2 Å². The van der Waals surface area contributed by atoms with E-state index in [2.05, 4.69) is 15.3 Å². The summed E-state index contributed by atoms with van der Waals surface area (Å²) >= 11 is -0.279. The number of hydrogen-bond donors (Lipinski definition) is 3. The molecule has 1 aliphatic rings. The number of nitrogens with one attached hydrogen (secondary N) is 1. The zero-order chi connectivity index (χ0) is 26.3. The topological polar surface area (TPSA) is 127 Å².